The molecule has 0 spiro atoms. The maximum atomic E-state index is 10.7. The van der Waals surface area contributed by atoms with Crippen molar-refractivity contribution in [2.75, 3.05) is 12.5 Å². The van der Waals surface area contributed by atoms with Gasteiger partial charge in [0.2, 0.25) is 5.13 Å². The summed E-state index contributed by atoms with van der Waals surface area (Å²) < 4.78 is 5.14. The van der Waals surface area contributed by atoms with Crippen LogP contribution in [0.2, 0.25) is 0 Å². The number of nitrogens with zero attached hydrogens (tertiary/aromatic N) is 3. The number of benzene rings is 2. The van der Waals surface area contributed by atoms with E-state index in [1.165, 1.54) is 23.5 Å². The number of nitro groups is 1. The van der Waals surface area contributed by atoms with E-state index in [9.17, 15) is 10.1 Å². The first-order chi connectivity index (χ1) is 12.6. The SMILES string of the molecule is COc1ccc(/C(C)=N/Nc2nc(-c3ccc([N+](=O)[O-])cc3)cs2)cc1. The molecule has 1 heterocycles. The van der Waals surface area contributed by atoms with Crippen molar-refractivity contribution in [3.63, 3.8) is 0 Å². The Morgan fingerprint density at radius 2 is 1.88 bits per heavy atom. The number of methoxy groups -OCH3 is 1. The first-order valence-electron chi connectivity index (χ1n) is 7.72. The van der Waals surface area contributed by atoms with Crippen molar-refractivity contribution in [2.24, 2.45) is 5.10 Å². The van der Waals surface area contributed by atoms with Crippen LogP contribution in [0.25, 0.3) is 11.3 Å². The van der Waals surface area contributed by atoms with Gasteiger partial charge in [0.25, 0.3) is 5.69 Å². The van der Waals surface area contributed by atoms with E-state index in [4.69, 9.17) is 4.74 Å². The predicted molar refractivity (Wildman–Crippen MR) is 103 cm³/mol. The van der Waals surface area contributed by atoms with E-state index in [0.29, 0.717) is 5.13 Å². The lowest BCUT2D eigenvalue weighted by atomic mass is 10.1. The second-order valence-corrected chi connectivity index (χ2v) is 6.24. The third-order valence-electron chi connectivity index (χ3n) is 3.71. The molecule has 0 atom stereocenters. The Hall–Kier alpha value is -3.26. The van der Waals surface area contributed by atoms with Gasteiger partial charge in [-0.1, -0.05) is 0 Å². The van der Waals surface area contributed by atoms with Crippen LogP contribution in [-0.4, -0.2) is 22.7 Å². The van der Waals surface area contributed by atoms with Crippen LogP contribution in [0.4, 0.5) is 10.8 Å². The van der Waals surface area contributed by atoms with Gasteiger partial charge in [-0.05, 0) is 48.9 Å². The van der Waals surface area contributed by atoms with Gasteiger partial charge in [-0.2, -0.15) is 5.10 Å². The zero-order chi connectivity index (χ0) is 18.5. The molecule has 0 aliphatic rings. The minimum Gasteiger partial charge on any atom is -0.497 e. The molecule has 7 nitrogen and oxygen atoms in total. The fraction of sp³-hybridized carbons (Fsp3) is 0.111. The van der Waals surface area contributed by atoms with Gasteiger partial charge in [-0.3, -0.25) is 15.5 Å². The molecular weight excluding hydrogens is 352 g/mol. The summed E-state index contributed by atoms with van der Waals surface area (Å²) in [4.78, 5) is 14.8. The number of hydrazone groups is 1. The van der Waals surface area contributed by atoms with Crippen molar-refractivity contribution in [2.45, 2.75) is 6.92 Å². The highest BCUT2D eigenvalue weighted by Crippen LogP contribution is 2.26. The fourth-order valence-corrected chi connectivity index (χ4v) is 2.90. The molecule has 8 heteroatoms. The number of rotatable bonds is 6. The standard InChI is InChI=1S/C18H16N4O3S/c1-12(13-5-9-16(25-2)10-6-13)20-21-18-19-17(11-26-18)14-3-7-15(8-4-14)22(23)24/h3-11H,1-2H3,(H,19,21)/b20-12+. The molecule has 3 rings (SSSR count). The number of anilines is 1. The lowest BCUT2D eigenvalue weighted by molar-refractivity contribution is -0.384. The molecule has 0 saturated carbocycles. The number of non-ortho nitro benzene ring substituents is 1. The normalized spacial score (nSPS) is 11.2. The Morgan fingerprint density at radius 3 is 2.50 bits per heavy atom. The van der Waals surface area contributed by atoms with Crippen molar-refractivity contribution >= 4 is 27.9 Å². The van der Waals surface area contributed by atoms with Gasteiger partial charge < -0.3 is 4.74 Å². The molecule has 1 aromatic heterocycles. The van der Waals surface area contributed by atoms with E-state index in [-0.39, 0.29) is 5.69 Å². The number of ether oxygens (including phenoxy) is 1. The molecule has 132 valence electrons. The lowest BCUT2D eigenvalue weighted by Crippen LogP contribution is -1.99. The zero-order valence-corrected chi connectivity index (χ0v) is 15.0. The maximum absolute atomic E-state index is 10.7. The van der Waals surface area contributed by atoms with Crippen LogP contribution < -0.4 is 10.2 Å². The molecule has 0 amide bonds. The van der Waals surface area contributed by atoms with Crippen LogP contribution in [0.15, 0.2) is 59.0 Å². The number of hydrogen-bond acceptors (Lipinski definition) is 7. The molecule has 0 radical (unpaired) electrons. The molecule has 2 aromatic carbocycles. The molecule has 26 heavy (non-hydrogen) atoms. The minimum atomic E-state index is -0.422. The van der Waals surface area contributed by atoms with Crippen LogP contribution in [0.3, 0.4) is 0 Å². The number of thiazole rings is 1. The molecule has 3 aromatic rings. The topological polar surface area (TPSA) is 89.7 Å². The third kappa shape index (κ3) is 4.04. The second-order valence-electron chi connectivity index (χ2n) is 5.38. The summed E-state index contributed by atoms with van der Waals surface area (Å²) in [6.07, 6.45) is 0. The molecule has 1 N–H and O–H groups in total. The van der Waals surface area contributed by atoms with Gasteiger partial charge in [0, 0.05) is 23.1 Å². The predicted octanol–water partition coefficient (Wildman–Crippen LogP) is 4.56. The monoisotopic (exact) mass is 368 g/mol. The van der Waals surface area contributed by atoms with E-state index in [0.717, 1.165) is 28.3 Å². The summed E-state index contributed by atoms with van der Waals surface area (Å²) >= 11 is 1.41. The van der Waals surface area contributed by atoms with E-state index >= 15 is 0 Å². The Morgan fingerprint density at radius 1 is 1.19 bits per heavy atom. The van der Waals surface area contributed by atoms with E-state index in [2.05, 4.69) is 15.5 Å². The van der Waals surface area contributed by atoms with E-state index in [1.807, 2.05) is 36.6 Å². The van der Waals surface area contributed by atoms with Crippen LogP contribution in [-0.2, 0) is 0 Å². The molecule has 0 unspecified atom stereocenters. The zero-order valence-electron chi connectivity index (χ0n) is 14.2. The molecule has 0 bridgehead atoms. The van der Waals surface area contributed by atoms with E-state index in [1.54, 1.807) is 19.2 Å². The van der Waals surface area contributed by atoms with Crippen LogP contribution in [0.5, 0.6) is 5.75 Å². The Labute approximate surface area is 154 Å². The van der Waals surface area contributed by atoms with Crippen LogP contribution in [0, 0.1) is 10.1 Å². The minimum absolute atomic E-state index is 0.0574. The van der Waals surface area contributed by atoms with Crippen molar-refractivity contribution in [1.82, 2.24) is 4.98 Å². The molecule has 0 fully saturated rings. The largest absolute Gasteiger partial charge is 0.497 e. The average Bonchev–Trinajstić information content (AvgIpc) is 3.15. The summed E-state index contributed by atoms with van der Waals surface area (Å²) in [5, 5.41) is 17.6. The molecule has 0 saturated heterocycles. The van der Waals surface area contributed by atoms with Crippen LogP contribution >= 0.6 is 11.3 Å². The van der Waals surface area contributed by atoms with Gasteiger partial charge in [0.05, 0.1) is 23.4 Å². The summed E-state index contributed by atoms with van der Waals surface area (Å²) in [7, 11) is 1.63. The van der Waals surface area contributed by atoms with Gasteiger partial charge in [-0.15, -0.1) is 11.3 Å². The van der Waals surface area contributed by atoms with Crippen molar-refractivity contribution in [1.29, 1.82) is 0 Å². The van der Waals surface area contributed by atoms with Gasteiger partial charge >= 0.3 is 0 Å². The molecule has 0 aliphatic heterocycles. The highest BCUT2D eigenvalue weighted by molar-refractivity contribution is 7.14. The number of hydrogen-bond donors (Lipinski definition) is 1. The second kappa shape index (κ2) is 7.75. The lowest BCUT2D eigenvalue weighted by Gasteiger charge is -2.03. The third-order valence-corrected chi connectivity index (χ3v) is 4.45. The fourth-order valence-electron chi connectivity index (χ4n) is 2.24. The quantitative estimate of drug-likeness (QED) is 0.391. The van der Waals surface area contributed by atoms with Gasteiger partial charge in [-0.25, -0.2) is 4.98 Å². The first-order valence-corrected chi connectivity index (χ1v) is 8.60. The first kappa shape index (κ1) is 17.6. The summed E-state index contributed by atoms with van der Waals surface area (Å²) in [6, 6.07) is 13.9. The highest BCUT2D eigenvalue weighted by atomic mass is 32.1. The smallest absolute Gasteiger partial charge is 0.269 e. The van der Waals surface area contributed by atoms with Crippen molar-refractivity contribution in [3.8, 4) is 17.0 Å². The molecule has 0 aliphatic carbocycles. The van der Waals surface area contributed by atoms with Gasteiger partial charge in [0.1, 0.15) is 5.75 Å². The van der Waals surface area contributed by atoms with Crippen molar-refractivity contribution in [3.05, 3.63) is 69.6 Å². The van der Waals surface area contributed by atoms with Gasteiger partial charge in [0.15, 0.2) is 0 Å². The summed E-state index contributed by atoms with van der Waals surface area (Å²) in [5.74, 6) is 0.794. The van der Waals surface area contributed by atoms with Crippen LogP contribution in [0.1, 0.15) is 12.5 Å². The number of aromatic nitrogens is 1. The molecular formula is C18H16N4O3S. The summed E-state index contributed by atoms with van der Waals surface area (Å²) in [5.41, 5.74) is 6.36. The number of nitrogens with one attached hydrogen (secondary N) is 1. The summed E-state index contributed by atoms with van der Waals surface area (Å²) in [6.45, 7) is 1.90. The Bertz CT molecular complexity index is 934. The average molecular weight is 368 g/mol. The Balaban J connectivity index is 1.70. The van der Waals surface area contributed by atoms with E-state index < -0.39 is 4.92 Å². The van der Waals surface area contributed by atoms with Crippen molar-refractivity contribution < 1.29 is 9.66 Å². The highest BCUT2D eigenvalue weighted by Gasteiger charge is 2.08. The Kier molecular flexibility index (Phi) is 5.23. The maximum Gasteiger partial charge on any atom is 0.269 e. The number of nitro benzene ring substituents is 1.